The molecule has 0 spiro atoms. The number of hydrogen-bond donors (Lipinski definition) is 1. The fraction of sp³-hybridized carbons (Fsp3) is 0.455. The topological polar surface area (TPSA) is 26.0 Å². The lowest BCUT2D eigenvalue weighted by atomic mass is 9.86. The summed E-state index contributed by atoms with van der Waals surface area (Å²) in [5.74, 6) is 0. The van der Waals surface area contributed by atoms with Gasteiger partial charge in [0, 0.05) is 5.56 Å². The normalized spacial score (nSPS) is 13.0. The minimum absolute atomic E-state index is 0.134. The van der Waals surface area contributed by atoms with Crippen LogP contribution in [0.5, 0.6) is 0 Å². The molecule has 14 heavy (non-hydrogen) atoms. The fourth-order valence-corrected chi connectivity index (χ4v) is 1.19. The van der Waals surface area contributed by atoms with Crippen LogP contribution in [0.2, 0.25) is 0 Å². The lowest BCUT2D eigenvalue weighted by Crippen LogP contribution is -2.25. The largest absolute Gasteiger partial charge is 0.326 e. The summed E-state index contributed by atoms with van der Waals surface area (Å²) in [5, 5.41) is 0. The van der Waals surface area contributed by atoms with Crippen LogP contribution in [0, 0.1) is 0 Å². The Morgan fingerprint density at radius 3 is 2.00 bits per heavy atom. The first-order valence-corrected chi connectivity index (χ1v) is 4.49. The van der Waals surface area contributed by atoms with E-state index >= 15 is 0 Å². The summed E-state index contributed by atoms with van der Waals surface area (Å²) >= 11 is 0. The van der Waals surface area contributed by atoms with Gasteiger partial charge in [0.25, 0.3) is 0 Å². The van der Waals surface area contributed by atoms with Gasteiger partial charge in [-0.1, -0.05) is 39.0 Å². The molecule has 0 bridgehead atoms. The summed E-state index contributed by atoms with van der Waals surface area (Å²) in [6.07, 6.45) is 0. The molecule has 0 atom stereocenters. The maximum absolute atomic E-state index is 12.8. The third-order valence-electron chi connectivity index (χ3n) is 2.11. The number of hydrogen-bond acceptors (Lipinski definition) is 1. The summed E-state index contributed by atoms with van der Waals surface area (Å²) in [7, 11) is 0. The molecular formula is C11H15F2N. The van der Waals surface area contributed by atoms with Crippen molar-refractivity contribution in [2.45, 2.75) is 32.2 Å². The van der Waals surface area contributed by atoms with Gasteiger partial charge in [0.2, 0.25) is 0 Å². The first-order chi connectivity index (χ1) is 6.21. The number of nitrogens with two attached hydrogens (primary N) is 1. The maximum atomic E-state index is 12.8. The predicted molar refractivity (Wildman–Crippen MR) is 53.2 cm³/mol. The van der Waals surface area contributed by atoms with Crippen LogP contribution in [0.4, 0.5) is 8.78 Å². The molecule has 0 unspecified atom stereocenters. The van der Waals surface area contributed by atoms with E-state index in [-0.39, 0.29) is 11.0 Å². The Bertz CT molecular complexity index is 292. The van der Waals surface area contributed by atoms with Crippen molar-refractivity contribution in [1.82, 2.24) is 0 Å². The Morgan fingerprint density at radius 1 is 1.07 bits per heavy atom. The van der Waals surface area contributed by atoms with Crippen molar-refractivity contribution in [3.8, 4) is 0 Å². The molecule has 1 aromatic rings. The standard InChI is InChI=1S/C11H15F2N/c1-10(2,3)8-5-4-6-9(7-8)11(12,13)14/h4-7H,14H2,1-3H3. The summed E-state index contributed by atoms with van der Waals surface area (Å²) in [4.78, 5) is 0. The third kappa shape index (κ3) is 2.51. The van der Waals surface area contributed by atoms with Gasteiger partial charge in [-0.25, -0.2) is 0 Å². The van der Waals surface area contributed by atoms with Gasteiger partial charge in [0.05, 0.1) is 0 Å². The lowest BCUT2D eigenvalue weighted by molar-refractivity contribution is 0.00286. The van der Waals surface area contributed by atoms with Crippen LogP contribution in [0.1, 0.15) is 31.9 Å². The van der Waals surface area contributed by atoms with E-state index in [1.807, 2.05) is 26.8 Å². The van der Waals surface area contributed by atoms with Crippen molar-refractivity contribution in [3.63, 3.8) is 0 Å². The first-order valence-electron chi connectivity index (χ1n) is 4.49. The second-order valence-corrected chi connectivity index (χ2v) is 4.45. The highest BCUT2D eigenvalue weighted by atomic mass is 19.3. The molecule has 1 nitrogen and oxygen atoms in total. The van der Waals surface area contributed by atoms with Gasteiger partial charge in [0.15, 0.2) is 0 Å². The van der Waals surface area contributed by atoms with E-state index in [2.05, 4.69) is 0 Å². The zero-order valence-corrected chi connectivity index (χ0v) is 8.64. The Balaban J connectivity index is 3.15. The molecule has 0 aliphatic rings. The molecule has 0 heterocycles. The van der Waals surface area contributed by atoms with Gasteiger partial charge in [-0.15, -0.1) is 0 Å². The van der Waals surface area contributed by atoms with Crippen molar-refractivity contribution in [1.29, 1.82) is 0 Å². The van der Waals surface area contributed by atoms with Crippen LogP contribution < -0.4 is 5.73 Å². The first kappa shape index (κ1) is 11.1. The zero-order chi connectivity index (χ0) is 11.0. The van der Waals surface area contributed by atoms with Crippen LogP contribution >= 0.6 is 0 Å². The van der Waals surface area contributed by atoms with E-state index < -0.39 is 6.05 Å². The van der Waals surface area contributed by atoms with Crippen LogP contribution in [-0.4, -0.2) is 0 Å². The second-order valence-electron chi connectivity index (χ2n) is 4.45. The van der Waals surface area contributed by atoms with Gasteiger partial charge in [-0.2, -0.15) is 8.78 Å². The molecule has 0 amide bonds. The van der Waals surface area contributed by atoms with E-state index in [0.717, 1.165) is 5.56 Å². The van der Waals surface area contributed by atoms with Crippen molar-refractivity contribution in [2.75, 3.05) is 0 Å². The highest BCUT2D eigenvalue weighted by Crippen LogP contribution is 2.27. The van der Waals surface area contributed by atoms with Crippen molar-refractivity contribution >= 4 is 0 Å². The Morgan fingerprint density at radius 2 is 1.57 bits per heavy atom. The number of alkyl halides is 2. The lowest BCUT2D eigenvalue weighted by Gasteiger charge is -2.21. The quantitative estimate of drug-likeness (QED) is 0.691. The summed E-state index contributed by atoms with van der Waals surface area (Å²) in [6.45, 7) is 5.92. The highest BCUT2D eigenvalue weighted by Gasteiger charge is 2.26. The van der Waals surface area contributed by atoms with E-state index in [1.54, 1.807) is 6.07 Å². The molecule has 0 fully saturated rings. The average molecular weight is 199 g/mol. The fourth-order valence-electron chi connectivity index (χ4n) is 1.19. The van der Waals surface area contributed by atoms with Crippen molar-refractivity contribution in [2.24, 2.45) is 5.73 Å². The van der Waals surface area contributed by atoms with Crippen LogP contribution in [0.3, 0.4) is 0 Å². The van der Waals surface area contributed by atoms with E-state index in [9.17, 15) is 8.78 Å². The number of rotatable bonds is 1. The molecular weight excluding hydrogens is 184 g/mol. The van der Waals surface area contributed by atoms with Gasteiger partial charge in [-0.3, -0.25) is 5.73 Å². The van der Waals surface area contributed by atoms with Gasteiger partial charge < -0.3 is 0 Å². The maximum Gasteiger partial charge on any atom is 0.326 e. The Kier molecular flexibility index (Phi) is 2.63. The van der Waals surface area contributed by atoms with E-state index in [4.69, 9.17) is 5.73 Å². The zero-order valence-electron chi connectivity index (χ0n) is 8.64. The minimum atomic E-state index is -3.25. The van der Waals surface area contributed by atoms with Gasteiger partial charge >= 0.3 is 6.05 Å². The predicted octanol–water partition coefficient (Wildman–Crippen LogP) is 2.99. The minimum Gasteiger partial charge on any atom is -0.268 e. The Labute approximate surface area is 82.9 Å². The summed E-state index contributed by atoms with van der Waals surface area (Å²) in [5.41, 5.74) is 5.32. The molecule has 2 N–H and O–H groups in total. The molecule has 1 aromatic carbocycles. The smallest absolute Gasteiger partial charge is 0.268 e. The molecule has 78 valence electrons. The van der Waals surface area contributed by atoms with Crippen molar-refractivity contribution in [3.05, 3.63) is 35.4 Å². The summed E-state index contributed by atoms with van der Waals surface area (Å²) < 4.78 is 25.6. The number of halogens is 2. The molecule has 3 heteroatoms. The van der Waals surface area contributed by atoms with Crippen LogP contribution in [0.25, 0.3) is 0 Å². The number of benzene rings is 1. The average Bonchev–Trinajstić information content (AvgIpc) is 2.01. The van der Waals surface area contributed by atoms with Gasteiger partial charge in [-0.05, 0) is 17.0 Å². The molecule has 1 rings (SSSR count). The summed E-state index contributed by atoms with van der Waals surface area (Å²) in [6, 6.07) is 2.99. The SMILES string of the molecule is CC(C)(C)c1cccc(C(N)(F)F)c1. The van der Waals surface area contributed by atoms with Crippen molar-refractivity contribution < 1.29 is 8.78 Å². The molecule has 0 radical (unpaired) electrons. The Hall–Kier alpha value is -0.960. The molecule has 0 aromatic heterocycles. The molecule has 0 aliphatic heterocycles. The third-order valence-corrected chi connectivity index (χ3v) is 2.11. The second kappa shape index (κ2) is 3.31. The van der Waals surface area contributed by atoms with Gasteiger partial charge in [0.1, 0.15) is 0 Å². The molecule has 0 saturated heterocycles. The molecule has 0 saturated carbocycles. The van der Waals surface area contributed by atoms with E-state index in [0.29, 0.717) is 0 Å². The van der Waals surface area contributed by atoms with E-state index in [1.165, 1.54) is 12.1 Å². The van der Waals surface area contributed by atoms with Crippen LogP contribution in [-0.2, 0) is 11.5 Å². The highest BCUT2D eigenvalue weighted by molar-refractivity contribution is 5.30. The molecule has 0 aliphatic carbocycles. The van der Waals surface area contributed by atoms with Crippen LogP contribution in [0.15, 0.2) is 24.3 Å². The monoisotopic (exact) mass is 199 g/mol.